The Bertz CT molecular complexity index is 791. The van der Waals surface area contributed by atoms with Gasteiger partial charge in [-0.05, 0) is 18.2 Å². The molecule has 0 radical (unpaired) electrons. The predicted octanol–water partition coefficient (Wildman–Crippen LogP) is 2.68. The first kappa shape index (κ1) is 18.2. The number of carbonyl (C=O) groups is 2. The molecule has 3 rings (SSSR count). The zero-order valence-electron chi connectivity index (χ0n) is 14.1. The number of anilines is 1. The molecule has 1 aliphatic rings. The Labute approximate surface area is 156 Å². The number of nitrogens with two attached hydrogens (primary N) is 1. The Kier molecular flexibility index (Phi) is 5.75. The smallest absolute Gasteiger partial charge is 0.341 e. The van der Waals surface area contributed by atoms with Crippen LogP contribution in [-0.2, 0) is 14.3 Å². The number of rotatable bonds is 4. The minimum absolute atomic E-state index is 0.171. The molecular formula is C19H19ClN2O4. The number of hydrogen-bond donors (Lipinski definition) is 1. The molecule has 2 aromatic carbocycles. The van der Waals surface area contributed by atoms with Crippen molar-refractivity contribution in [2.24, 2.45) is 0 Å². The quantitative estimate of drug-likeness (QED) is 0.657. The fraction of sp³-hybridized carbons (Fsp3) is 0.263. The molecule has 1 aliphatic heterocycles. The van der Waals surface area contributed by atoms with E-state index >= 15 is 0 Å². The van der Waals surface area contributed by atoms with E-state index < -0.39 is 12.1 Å². The topological polar surface area (TPSA) is 81.9 Å². The molecule has 136 valence electrons. The highest BCUT2D eigenvalue weighted by atomic mass is 35.5. The molecule has 1 saturated heterocycles. The molecule has 2 aromatic rings. The third kappa shape index (κ3) is 4.15. The molecule has 6 nitrogen and oxygen atoms in total. The van der Waals surface area contributed by atoms with Gasteiger partial charge in [0.05, 0.1) is 18.8 Å². The van der Waals surface area contributed by atoms with Crippen LogP contribution in [0.25, 0.3) is 0 Å². The van der Waals surface area contributed by atoms with Gasteiger partial charge >= 0.3 is 5.97 Å². The molecule has 0 unspecified atom stereocenters. The van der Waals surface area contributed by atoms with E-state index in [1.807, 2.05) is 6.07 Å². The fourth-order valence-electron chi connectivity index (χ4n) is 2.73. The van der Waals surface area contributed by atoms with E-state index in [0.717, 1.165) is 0 Å². The molecule has 0 saturated carbocycles. The maximum atomic E-state index is 12.9. The van der Waals surface area contributed by atoms with Crippen LogP contribution in [0.1, 0.15) is 22.0 Å². The van der Waals surface area contributed by atoms with Crippen molar-refractivity contribution in [3.8, 4) is 0 Å². The number of ether oxygens (including phenoxy) is 2. The van der Waals surface area contributed by atoms with Crippen molar-refractivity contribution < 1.29 is 19.1 Å². The van der Waals surface area contributed by atoms with Gasteiger partial charge < -0.3 is 20.1 Å². The predicted molar refractivity (Wildman–Crippen MR) is 97.9 cm³/mol. The highest BCUT2D eigenvalue weighted by molar-refractivity contribution is 6.31. The molecule has 26 heavy (non-hydrogen) atoms. The van der Waals surface area contributed by atoms with Gasteiger partial charge in [0.15, 0.2) is 0 Å². The van der Waals surface area contributed by atoms with E-state index in [-0.39, 0.29) is 17.2 Å². The Balaban J connectivity index is 1.85. The lowest BCUT2D eigenvalue weighted by Crippen LogP contribution is -2.44. The van der Waals surface area contributed by atoms with Gasteiger partial charge in [-0.2, -0.15) is 0 Å². The van der Waals surface area contributed by atoms with Gasteiger partial charge in [-0.15, -0.1) is 0 Å². The maximum Gasteiger partial charge on any atom is 0.341 e. The monoisotopic (exact) mass is 374 g/mol. The van der Waals surface area contributed by atoms with Gasteiger partial charge in [0.2, 0.25) is 6.10 Å². The van der Waals surface area contributed by atoms with E-state index in [0.29, 0.717) is 36.9 Å². The molecule has 7 heteroatoms. The summed E-state index contributed by atoms with van der Waals surface area (Å²) in [4.78, 5) is 27.2. The van der Waals surface area contributed by atoms with Crippen LogP contribution in [-0.4, -0.2) is 43.1 Å². The lowest BCUT2D eigenvalue weighted by atomic mass is 10.1. The average molecular weight is 375 g/mol. The second-order valence-electron chi connectivity index (χ2n) is 5.87. The number of nitrogen functional groups attached to an aromatic ring is 1. The summed E-state index contributed by atoms with van der Waals surface area (Å²) in [6, 6.07) is 13.4. The fourth-order valence-corrected chi connectivity index (χ4v) is 2.91. The number of nitrogens with zero attached hydrogens (tertiary/aromatic N) is 1. The normalized spacial score (nSPS) is 15.3. The minimum Gasteiger partial charge on any atom is -0.444 e. The number of morpholine rings is 1. The van der Waals surface area contributed by atoms with Crippen molar-refractivity contribution in [2.75, 3.05) is 32.0 Å². The van der Waals surface area contributed by atoms with Gasteiger partial charge in [0, 0.05) is 29.4 Å². The van der Waals surface area contributed by atoms with Crippen LogP contribution in [0.5, 0.6) is 0 Å². The SMILES string of the molecule is Nc1cc(Cl)ccc1C(=O)O[C@H](C(=O)N1CCOCC1)c1ccccc1. The van der Waals surface area contributed by atoms with Gasteiger partial charge in [-0.3, -0.25) is 4.79 Å². The minimum atomic E-state index is -1.04. The largest absolute Gasteiger partial charge is 0.444 e. The van der Waals surface area contributed by atoms with E-state index in [4.69, 9.17) is 26.8 Å². The van der Waals surface area contributed by atoms with Crippen molar-refractivity contribution in [3.05, 3.63) is 64.7 Å². The lowest BCUT2D eigenvalue weighted by molar-refractivity contribution is -0.145. The van der Waals surface area contributed by atoms with Gasteiger partial charge in [0.1, 0.15) is 0 Å². The van der Waals surface area contributed by atoms with Crippen molar-refractivity contribution in [1.29, 1.82) is 0 Å². The highest BCUT2D eigenvalue weighted by Crippen LogP contribution is 2.25. The Morgan fingerprint density at radius 2 is 1.81 bits per heavy atom. The average Bonchev–Trinajstić information content (AvgIpc) is 2.67. The van der Waals surface area contributed by atoms with E-state index in [1.54, 1.807) is 35.2 Å². The second-order valence-corrected chi connectivity index (χ2v) is 6.30. The molecule has 1 fully saturated rings. The number of amides is 1. The Hall–Kier alpha value is -2.57. The Morgan fingerprint density at radius 3 is 2.46 bits per heavy atom. The zero-order chi connectivity index (χ0) is 18.5. The summed E-state index contributed by atoms with van der Waals surface area (Å²) in [7, 11) is 0. The molecule has 0 spiro atoms. The van der Waals surface area contributed by atoms with E-state index in [1.165, 1.54) is 12.1 Å². The van der Waals surface area contributed by atoms with Crippen LogP contribution in [0, 0.1) is 0 Å². The summed E-state index contributed by atoms with van der Waals surface area (Å²) in [6.45, 7) is 1.85. The van der Waals surface area contributed by atoms with Crippen molar-refractivity contribution in [2.45, 2.75) is 6.10 Å². The summed E-state index contributed by atoms with van der Waals surface area (Å²) in [5.74, 6) is -0.949. The first-order valence-corrected chi connectivity index (χ1v) is 8.61. The molecule has 1 atom stereocenters. The molecule has 0 aliphatic carbocycles. The number of carbonyl (C=O) groups excluding carboxylic acids is 2. The highest BCUT2D eigenvalue weighted by Gasteiger charge is 2.31. The number of hydrogen-bond acceptors (Lipinski definition) is 5. The van der Waals surface area contributed by atoms with Crippen molar-refractivity contribution in [1.82, 2.24) is 4.90 Å². The molecule has 2 N–H and O–H groups in total. The number of esters is 1. The van der Waals surface area contributed by atoms with Crippen LogP contribution >= 0.6 is 11.6 Å². The van der Waals surface area contributed by atoms with Gasteiger partial charge in [-0.25, -0.2) is 4.79 Å². The van der Waals surface area contributed by atoms with Crippen LogP contribution < -0.4 is 5.73 Å². The van der Waals surface area contributed by atoms with Gasteiger partial charge in [0.25, 0.3) is 5.91 Å². The summed E-state index contributed by atoms with van der Waals surface area (Å²) >= 11 is 5.87. The molecule has 1 amide bonds. The number of benzene rings is 2. The van der Waals surface area contributed by atoms with Crippen molar-refractivity contribution >= 4 is 29.2 Å². The van der Waals surface area contributed by atoms with Crippen LogP contribution in [0.4, 0.5) is 5.69 Å². The lowest BCUT2D eigenvalue weighted by Gasteiger charge is -2.30. The third-order valence-corrected chi connectivity index (χ3v) is 4.34. The zero-order valence-corrected chi connectivity index (χ0v) is 14.8. The van der Waals surface area contributed by atoms with Crippen LogP contribution in [0.2, 0.25) is 5.02 Å². The molecular weight excluding hydrogens is 356 g/mol. The Morgan fingerprint density at radius 1 is 1.12 bits per heavy atom. The van der Waals surface area contributed by atoms with E-state index in [9.17, 15) is 9.59 Å². The number of halogens is 1. The molecule has 1 heterocycles. The van der Waals surface area contributed by atoms with Gasteiger partial charge in [-0.1, -0.05) is 41.9 Å². The van der Waals surface area contributed by atoms with E-state index in [2.05, 4.69) is 0 Å². The summed E-state index contributed by atoms with van der Waals surface area (Å²) < 4.78 is 10.8. The maximum absolute atomic E-state index is 12.9. The first-order chi connectivity index (χ1) is 12.6. The van der Waals surface area contributed by atoms with Crippen LogP contribution in [0.15, 0.2) is 48.5 Å². The molecule has 0 aromatic heterocycles. The first-order valence-electron chi connectivity index (χ1n) is 8.24. The standard InChI is InChI=1S/C19H19ClN2O4/c20-14-6-7-15(16(21)12-14)19(24)26-17(13-4-2-1-3-5-13)18(23)22-8-10-25-11-9-22/h1-7,12,17H,8-11,21H2/t17-/m0/s1. The van der Waals surface area contributed by atoms with Crippen molar-refractivity contribution in [3.63, 3.8) is 0 Å². The summed E-state index contributed by atoms with van der Waals surface area (Å²) in [5.41, 5.74) is 6.83. The second kappa shape index (κ2) is 8.21. The summed E-state index contributed by atoms with van der Waals surface area (Å²) in [6.07, 6.45) is -1.04. The van der Waals surface area contributed by atoms with Crippen LogP contribution in [0.3, 0.4) is 0 Å². The third-order valence-electron chi connectivity index (χ3n) is 4.11. The molecule has 0 bridgehead atoms. The summed E-state index contributed by atoms with van der Waals surface area (Å²) in [5, 5.41) is 0.419.